The molecule has 0 aliphatic rings. The Morgan fingerprint density at radius 2 is 2.00 bits per heavy atom. The molecule has 1 aromatic rings. The molecule has 0 aromatic carbocycles. The minimum absolute atomic E-state index is 0.344. The summed E-state index contributed by atoms with van der Waals surface area (Å²) >= 11 is 0. The average molecular weight is 222 g/mol. The number of pyridine rings is 1. The van der Waals surface area contributed by atoms with Gasteiger partial charge in [0.05, 0.1) is 6.10 Å². The van der Waals surface area contributed by atoms with Crippen molar-refractivity contribution in [3.63, 3.8) is 0 Å². The van der Waals surface area contributed by atoms with Gasteiger partial charge in [-0.3, -0.25) is 4.98 Å². The second-order valence-corrected chi connectivity index (χ2v) is 4.13. The van der Waals surface area contributed by atoms with E-state index in [-0.39, 0.29) is 0 Å². The summed E-state index contributed by atoms with van der Waals surface area (Å²) in [5.41, 5.74) is 1.33. The third kappa shape index (κ3) is 6.53. The fourth-order valence-corrected chi connectivity index (χ4v) is 1.42. The summed E-state index contributed by atoms with van der Waals surface area (Å²) in [6, 6.07) is 4.12. The van der Waals surface area contributed by atoms with Gasteiger partial charge >= 0.3 is 0 Å². The van der Waals surface area contributed by atoms with Crippen molar-refractivity contribution in [2.75, 3.05) is 19.7 Å². The highest BCUT2D eigenvalue weighted by atomic mass is 16.5. The molecule has 0 spiro atoms. The molecule has 1 heterocycles. The van der Waals surface area contributed by atoms with E-state index in [2.05, 4.69) is 36.3 Å². The number of aromatic nitrogens is 1. The van der Waals surface area contributed by atoms with Gasteiger partial charge in [0.25, 0.3) is 0 Å². The Balaban J connectivity index is 1.93. The first-order chi connectivity index (χ1) is 7.79. The second-order valence-electron chi connectivity index (χ2n) is 4.13. The van der Waals surface area contributed by atoms with Gasteiger partial charge in [0.2, 0.25) is 0 Å². The fraction of sp³-hybridized carbons (Fsp3) is 0.615. The van der Waals surface area contributed by atoms with Gasteiger partial charge in [-0.05, 0) is 57.5 Å². The molecule has 0 saturated carbocycles. The quantitative estimate of drug-likeness (QED) is 0.683. The zero-order chi connectivity index (χ0) is 11.6. The maximum absolute atomic E-state index is 5.46. The third-order valence-electron chi connectivity index (χ3n) is 2.29. The first-order valence-corrected chi connectivity index (χ1v) is 6.00. The van der Waals surface area contributed by atoms with E-state index in [9.17, 15) is 0 Å². The van der Waals surface area contributed by atoms with Crippen LogP contribution in [0.3, 0.4) is 0 Å². The molecule has 0 amide bonds. The summed E-state index contributed by atoms with van der Waals surface area (Å²) in [5.74, 6) is 0. The normalized spacial score (nSPS) is 10.9. The van der Waals surface area contributed by atoms with Crippen molar-refractivity contribution >= 4 is 0 Å². The molecule has 3 heteroatoms. The Labute approximate surface area is 98.2 Å². The maximum Gasteiger partial charge on any atom is 0.0518 e. The van der Waals surface area contributed by atoms with E-state index in [0.29, 0.717) is 6.10 Å². The minimum atomic E-state index is 0.344. The van der Waals surface area contributed by atoms with Crippen molar-refractivity contribution in [1.82, 2.24) is 10.3 Å². The standard InChI is InChI=1S/C13H22N2O/c1-12(2)16-11-3-7-14-8-4-13-5-9-15-10-6-13/h5-6,9-10,12,14H,3-4,7-8,11H2,1-2H3. The third-order valence-corrected chi connectivity index (χ3v) is 2.29. The molecular formula is C13H22N2O. The molecule has 90 valence electrons. The molecule has 0 bridgehead atoms. The number of rotatable bonds is 8. The van der Waals surface area contributed by atoms with Crippen LogP contribution >= 0.6 is 0 Å². The van der Waals surface area contributed by atoms with E-state index >= 15 is 0 Å². The van der Waals surface area contributed by atoms with Crippen molar-refractivity contribution in [1.29, 1.82) is 0 Å². The van der Waals surface area contributed by atoms with E-state index in [1.165, 1.54) is 5.56 Å². The Hall–Kier alpha value is -0.930. The largest absolute Gasteiger partial charge is 0.379 e. The number of hydrogen-bond acceptors (Lipinski definition) is 3. The number of hydrogen-bond donors (Lipinski definition) is 1. The summed E-state index contributed by atoms with van der Waals surface area (Å²) in [6.07, 6.45) is 6.16. The molecule has 0 aliphatic carbocycles. The summed E-state index contributed by atoms with van der Waals surface area (Å²) in [7, 11) is 0. The first kappa shape index (κ1) is 13.1. The van der Waals surface area contributed by atoms with E-state index in [0.717, 1.165) is 32.5 Å². The molecule has 1 N–H and O–H groups in total. The van der Waals surface area contributed by atoms with Crippen LogP contribution in [0.5, 0.6) is 0 Å². The lowest BCUT2D eigenvalue weighted by molar-refractivity contribution is 0.0771. The van der Waals surface area contributed by atoms with Crippen molar-refractivity contribution in [3.8, 4) is 0 Å². The van der Waals surface area contributed by atoms with Gasteiger partial charge in [0.1, 0.15) is 0 Å². The van der Waals surface area contributed by atoms with Crippen molar-refractivity contribution in [2.24, 2.45) is 0 Å². The van der Waals surface area contributed by atoms with Crippen LogP contribution in [0.2, 0.25) is 0 Å². The Morgan fingerprint density at radius 1 is 1.25 bits per heavy atom. The highest BCUT2D eigenvalue weighted by molar-refractivity contribution is 5.09. The lowest BCUT2D eigenvalue weighted by atomic mass is 10.2. The molecular weight excluding hydrogens is 200 g/mol. The Bertz CT molecular complexity index is 262. The Kier molecular flexibility index (Phi) is 6.77. The summed E-state index contributed by atoms with van der Waals surface area (Å²) in [5, 5.41) is 3.41. The summed E-state index contributed by atoms with van der Waals surface area (Å²) < 4.78 is 5.46. The SMILES string of the molecule is CC(C)OCCCNCCc1ccncc1. The predicted molar refractivity (Wildman–Crippen MR) is 66.5 cm³/mol. The number of nitrogens with zero attached hydrogens (tertiary/aromatic N) is 1. The van der Waals surface area contributed by atoms with E-state index in [1.54, 1.807) is 0 Å². The van der Waals surface area contributed by atoms with Crippen LogP contribution in [0, 0.1) is 0 Å². The summed E-state index contributed by atoms with van der Waals surface area (Å²) in [4.78, 5) is 3.99. The van der Waals surface area contributed by atoms with Crippen LogP contribution in [0.15, 0.2) is 24.5 Å². The molecule has 16 heavy (non-hydrogen) atoms. The van der Waals surface area contributed by atoms with Crippen molar-refractivity contribution in [2.45, 2.75) is 32.8 Å². The molecule has 0 atom stereocenters. The average Bonchev–Trinajstić information content (AvgIpc) is 2.29. The van der Waals surface area contributed by atoms with Crippen LogP contribution in [-0.2, 0) is 11.2 Å². The van der Waals surface area contributed by atoms with Gasteiger partial charge in [-0.25, -0.2) is 0 Å². The van der Waals surface area contributed by atoms with Gasteiger partial charge in [-0.2, -0.15) is 0 Å². The molecule has 0 aliphatic heterocycles. The van der Waals surface area contributed by atoms with E-state index in [4.69, 9.17) is 4.74 Å². The van der Waals surface area contributed by atoms with Gasteiger partial charge in [0, 0.05) is 19.0 Å². The van der Waals surface area contributed by atoms with Crippen LogP contribution in [0.1, 0.15) is 25.8 Å². The molecule has 0 fully saturated rings. The van der Waals surface area contributed by atoms with Crippen LogP contribution < -0.4 is 5.32 Å². The van der Waals surface area contributed by atoms with Crippen LogP contribution in [0.4, 0.5) is 0 Å². The topological polar surface area (TPSA) is 34.1 Å². The van der Waals surface area contributed by atoms with Crippen molar-refractivity contribution < 1.29 is 4.74 Å². The van der Waals surface area contributed by atoms with Crippen LogP contribution in [0.25, 0.3) is 0 Å². The summed E-state index contributed by atoms with van der Waals surface area (Å²) in [6.45, 7) is 7.02. The van der Waals surface area contributed by atoms with Crippen molar-refractivity contribution in [3.05, 3.63) is 30.1 Å². The maximum atomic E-state index is 5.46. The van der Waals surface area contributed by atoms with Crippen LogP contribution in [-0.4, -0.2) is 30.8 Å². The molecule has 0 saturated heterocycles. The monoisotopic (exact) mass is 222 g/mol. The fourth-order valence-electron chi connectivity index (χ4n) is 1.42. The lowest BCUT2D eigenvalue weighted by Crippen LogP contribution is -2.20. The Morgan fingerprint density at radius 3 is 2.69 bits per heavy atom. The molecule has 0 unspecified atom stereocenters. The molecule has 1 aromatic heterocycles. The minimum Gasteiger partial charge on any atom is -0.379 e. The van der Waals surface area contributed by atoms with Gasteiger partial charge in [-0.15, -0.1) is 0 Å². The van der Waals surface area contributed by atoms with Gasteiger partial charge in [0.15, 0.2) is 0 Å². The highest BCUT2D eigenvalue weighted by Gasteiger charge is 1.94. The number of ether oxygens (including phenoxy) is 1. The van der Waals surface area contributed by atoms with E-state index in [1.807, 2.05) is 12.4 Å². The van der Waals surface area contributed by atoms with E-state index < -0.39 is 0 Å². The van der Waals surface area contributed by atoms with Gasteiger partial charge in [-0.1, -0.05) is 0 Å². The van der Waals surface area contributed by atoms with Gasteiger partial charge < -0.3 is 10.1 Å². The highest BCUT2D eigenvalue weighted by Crippen LogP contribution is 1.96. The predicted octanol–water partition coefficient (Wildman–Crippen LogP) is 2.03. The smallest absolute Gasteiger partial charge is 0.0518 e. The molecule has 3 nitrogen and oxygen atoms in total. The second kappa shape index (κ2) is 8.25. The zero-order valence-electron chi connectivity index (χ0n) is 10.3. The zero-order valence-corrected chi connectivity index (χ0v) is 10.3. The number of nitrogens with one attached hydrogen (secondary N) is 1. The lowest BCUT2D eigenvalue weighted by Gasteiger charge is -2.08. The molecule has 0 radical (unpaired) electrons. The molecule has 1 rings (SSSR count). The first-order valence-electron chi connectivity index (χ1n) is 6.00.